The summed E-state index contributed by atoms with van der Waals surface area (Å²) in [7, 11) is 0. The summed E-state index contributed by atoms with van der Waals surface area (Å²) >= 11 is 0. The van der Waals surface area contributed by atoms with Gasteiger partial charge in [0.15, 0.2) is 5.89 Å². The second-order valence-electron chi connectivity index (χ2n) is 4.10. The minimum Gasteiger partial charge on any atom is -0.508 e. The van der Waals surface area contributed by atoms with Gasteiger partial charge in [0, 0.05) is 18.7 Å². The fraction of sp³-hybridized carbons (Fsp3) is 0.231. The van der Waals surface area contributed by atoms with Crippen LogP contribution < -0.4 is 5.32 Å². The monoisotopic (exact) mass is 246 g/mol. The maximum absolute atomic E-state index is 11.9. The van der Waals surface area contributed by atoms with Crippen molar-refractivity contribution >= 4 is 11.6 Å². The first-order chi connectivity index (χ1) is 8.47. The molecule has 1 amide bonds. The molecule has 0 spiro atoms. The molecule has 0 saturated carbocycles. The number of carbonyl (C=O) groups is 1. The van der Waals surface area contributed by atoms with E-state index < -0.39 is 0 Å². The lowest BCUT2D eigenvalue weighted by atomic mass is 10.2. The van der Waals surface area contributed by atoms with Crippen LogP contribution in [0.2, 0.25) is 0 Å². The van der Waals surface area contributed by atoms with Crippen molar-refractivity contribution in [1.82, 2.24) is 4.98 Å². The number of oxazole rings is 1. The molecule has 2 aromatic rings. The van der Waals surface area contributed by atoms with Crippen LogP contribution in [0.3, 0.4) is 0 Å². The van der Waals surface area contributed by atoms with E-state index in [1.165, 1.54) is 6.07 Å². The van der Waals surface area contributed by atoms with Gasteiger partial charge in [-0.1, -0.05) is 6.07 Å². The van der Waals surface area contributed by atoms with Gasteiger partial charge in [-0.05, 0) is 25.5 Å². The molecule has 94 valence electrons. The first-order valence-corrected chi connectivity index (χ1v) is 5.52. The van der Waals surface area contributed by atoms with Crippen LogP contribution in [0.1, 0.15) is 27.7 Å². The summed E-state index contributed by atoms with van der Waals surface area (Å²) < 4.78 is 5.22. The molecule has 0 aliphatic heterocycles. The van der Waals surface area contributed by atoms with Crippen molar-refractivity contribution in [2.45, 2.75) is 20.8 Å². The van der Waals surface area contributed by atoms with Crippen LogP contribution >= 0.6 is 0 Å². The van der Waals surface area contributed by atoms with Crippen LogP contribution in [-0.4, -0.2) is 16.0 Å². The van der Waals surface area contributed by atoms with Gasteiger partial charge in [-0.25, -0.2) is 4.98 Å². The van der Waals surface area contributed by atoms with Gasteiger partial charge in [-0.3, -0.25) is 4.79 Å². The van der Waals surface area contributed by atoms with E-state index in [2.05, 4.69) is 10.3 Å². The first-order valence-electron chi connectivity index (χ1n) is 5.52. The van der Waals surface area contributed by atoms with Gasteiger partial charge in [-0.15, -0.1) is 0 Å². The highest BCUT2D eigenvalue weighted by molar-refractivity contribution is 6.03. The minimum atomic E-state index is -0.378. The number of aromatic nitrogens is 1. The van der Waals surface area contributed by atoms with E-state index in [1.54, 1.807) is 32.9 Å². The van der Waals surface area contributed by atoms with Crippen molar-refractivity contribution in [2.75, 3.05) is 5.32 Å². The summed E-state index contributed by atoms with van der Waals surface area (Å²) in [4.78, 5) is 15.9. The Morgan fingerprint density at radius 1 is 1.33 bits per heavy atom. The summed E-state index contributed by atoms with van der Waals surface area (Å²) in [6.07, 6.45) is 0. The Bertz CT molecular complexity index is 602. The molecular formula is C13H14N2O3. The molecule has 0 saturated heterocycles. The molecule has 0 aliphatic rings. The quantitative estimate of drug-likeness (QED) is 0.853. The van der Waals surface area contributed by atoms with E-state index in [-0.39, 0.29) is 17.4 Å². The Labute approximate surface area is 104 Å². The van der Waals surface area contributed by atoms with Gasteiger partial charge in [-0.2, -0.15) is 0 Å². The number of aromatic hydroxyl groups is 1. The van der Waals surface area contributed by atoms with E-state index >= 15 is 0 Å². The van der Waals surface area contributed by atoms with E-state index in [0.717, 1.165) is 5.56 Å². The number of hydrogen-bond acceptors (Lipinski definition) is 4. The molecule has 0 aliphatic carbocycles. The Hall–Kier alpha value is -2.30. The molecule has 5 nitrogen and oxygen atoms in total. The van der Waals surface area contributed by atoms with Crippen molar-refractivity contribution in [2.24, 2.45) is 0 Å². The number of amides is 1. The number of benzene rings is 1. The number of phenolic OH excluding ortho intramolecular Hbond substituents is 1. The highest BCUT2D eigenvalue weighted by Gasteiger charge is 2.16. The third-order valence-corrected chi connectivity index (χ3v) is 2.58. The maximum atomic E-state index is 11.9. The van der Waals surface area contributed by atoms with Gasteiger partial charge in [0.2, 0.25) is 5.76 Å². The van der Waals surface area contributed by atoms with Crippen LogP contribution in [0.25, 0.3) is 0 Å². The van der Waals surface area contributed by atoms with Crippen molar-refractivity contribution in [3.63, 3.8) is 0 Å². The molecule has 2 rings (SSSR count). The van der Waals surface area contributed by atoms with Gasteiger partial charge >= 0.3 is 0 Å². The molecule has 0 atom stereocenters. The lowest BCUT2D eigenvalue weighted by Crippen LogP contribution is -2.12. The molecule has 0 radical (unpaired) electrons. The topological polar surface area (TPSA) is 75.4 Å². The molecule has 0 unspecified atom stereocenters. The predicted molar refractivity (Wildman–Crippen MR) is 66.8 cm³/mol. The molecule has 1 aromatic heterocycles. The van der Waals surface area contributed by atoms with E-state index in [4.69, 9.17) is 4.42 Å². The molecule has 1 aromatic carbocycles. The van der Waals surface area contributed by atoms with E-state index in [1.807, 2.05) is 0 Å². The molecule has 1 heterocycles. The summed E-state index contributed by atoms with van der Waals surface area (Å²) in [5, 5.41) is 12.2. The molecule has 0 bridgehead atoms. The van der Waals surface area contributed by atoms with Crippen molar-refractivity contribution in [1.29, 1.82) is 0 Å². The van der Waals surface area contributed by atoms with Crippen LogP contribution in [0.4, 0.5) is 5.69 Å². The van der Waals surface area contributed by atoms with E-state index in [9.17, 15) is 9.90 Å². The summed E-state index contributed by atoms with van der Waals surface area (Å²) in [5.41, 5.74) is 1.80. The number of nitrogens with zero attached hydrogens (tertiary/aromatic N) is 1. The third kappa shape index (κ3) is 2.34. The van der Waals surface area contributed by atoms with Gasteiger partial charge in [0.05, 0.1) is 5.69 Å². The maximum Gasteiger partial charge on any atom is 0.293 e. The highest BCUT2D eigenvalue weighted by Crippen LogP contribution is 2.21. The van der Waals surface area contributed by atoms with Gasteiger partial charge < -0.3 is 14.8 Å². The lowest BCUT2D eigenvalue weighted by molar-refractivity contribution is 0.0994. The zero-order valence-electron chi connectivity index (χ0n) is 10.4. The average Bonchev–Trinajstić information content (AvgIpc) is 2.63. The Morgan fingerprint density at radius 3 is 2.61 bits per heavy atom. The number of nitrogens with one attached hydrogen (secondary N) is 1. The molecule has 2 N–H and O–H groups in total. The van der Waals surface area contributed by atoms with Crippen LogP contribution in [0.15, 0.2) is 22.6 Å². The van der Waals surface area contributed by atoms with Crippen LogP contribution in [0, 0.1) is 20.8 Å². The zero-order valence-corrected chi connectivity index (χ0v) is 10.4. The number of rotatable bonds is 2. The normalized spacial score (nSPS) is 10.4. The van der Waals surface area contributed by atoms with Crippen LogP contribution in [0.5, 0.6) is 5.75 Å². The lowest BCUT2D eigenvalue weighted by Gasteiger charge is -2.05. The highest BCUT2D eigenvalue weighted by atomic mass is 16.4. The molecular weight excluding hydrogens is 232 g/mol. The summed E-state index contributed by atoms with van der Waals surface area (Å²) in [6.45, 7) is 5.17. The Morgan fingerprint density at radius 2 is 2.06 bits per heavy atom. The molecule has 18 heavy (non-hydrogen) atoms. The average molecular weight is 246 g/mol. The number of carbonyl (C=O) groups excluding carboxylic acids is 1. The zero-order chi connectivity index (χ0) is 13.3. The standard InChI is InChI=1S/C13H14N2O3/c1-7-4-5-10(6-11(7)16)15-13(17)12-8(2)14-9(3)18-12/h4-6,16H,1-3H3,(H,15,17). The Balaban J connectivity index is 2.21. The summed E-state index contributed by atoms with van der Waals surface area (Å²) in [6, 6.07) is 4.93. The van der Waals surface area contributed by atoms with Crippen molar-refractivity contribution in [3.8, 4) is 5.75 Å². The van der Waals surface area contributed by atoms with Crippen molar-refractivity contribution < 1.29 is 14.3 Å². The van der Waals surface area contributed by atoms with Crippen LogP contribution in [-0.2, 0) is 0 Å². The number of phenols is 1. The van der Waals surface area contributed by atoms with Gasteiger partial charge in [0.25, 0.3) is 5.91 Å². The largest absolute Gasteiger partial charge is 0.508 e. The number of anilines is 1. The first kappa shape index (κ1) is 12.2. The smallest absolute Gasteiger partial charge is 0.293 e. The second kappa shape index (κ2) is 4.52. The van der Waals surface area contributed by atoms with Crippen molar-refractivity contribution in [3.05, 3.63) is 41.1 Å². The van der Waals surface area contributed by atoms with Gasteiger partial charge in [0.1, 0.15) is 5.75 Å². The number of hydrogen-bond donors (Lipinski definition) is 2. The molecule has 5 heteroatoms. The number of aryl methyl sites for hydroxylation is 3. The second-order valence-corrected chi connectivity index (χ2v) is 4.10. The minimum absolute atomic E-state index is 0.137. The predicted octanol–water partition coefficient (Wildman–Crippen LogP) is 2.56. The SMILES string of the molecule is Cc1nc(C)c(C(=O)Nc2ccc(C)c(O)c2)o1. The Kier molecular flexibility index (Phi) is 3.06. The fourth-order valence-corrected chi connectivity index (χ4v) is 1.62. The fourth-order valence-electron chi connectivity index (χ4n) is 1.62. The van der Waals surface area contributed by atoms with E-state index in [0.29, 0.717) is 17.3 Å². The molecule has 0 fully saturated rings. The third-order valence-electron chi connectivity index (χ3n) is 2.58. The summed E-state index contributed by atoms with van der Waals surface area (Å²) in [5.74, 6) is 0.395.